The van der Waals surface area contributed by atoms with Gasteiger partial charge in [-0.3, -0.25) is 4.98 Å². The summed E-state index contributed by atoms with van der Waals surface area (Å²) in [5.74, 6) is 0. The smallest absolute Gasteiger partial charge is 0.119 e. The summed E-state index contributed by atoms with van der Waals surface area (Å²) in [7, 11) is 0. The summed E-state index contributed by atoms with van der Waals surface area (Å²) in [6.45, 7) is 3.82. The lowest BCUT2D eigenvalue weighted by Gasteiger charge is -2.08. The predicted molar refractivity (Wildman–Crippen MR) is 71.2 cm³/mol. The number of nitrogen functional groups attached to an aromatic ring is 1. The molecule has 0 saturated carbocycles. The number of hydrogen-bond donors (Lipinski definition) is 1. The van der Waals surface area contributed by atoms with Crippen molar-refractivity contribution < 1.29 is 0 Å². The number of nitriles is 1. The molecule has 5 heteroatoms. The first kappa shape index (κ1) is 12.4. The van der Waals surface area contributed by atoms with Crippen molar-refractivity contribution in [3.05, 3.63) is 41.3 Å². The zero-order valence-corrected chi connectivity index (χ0v) is 11.0. The average molecular weight is 256 g/mol. The molecule has 90 valence electrons. The van der Waals surface area contributed by atoms with E-state index < -0.39 is 0 Å². The van der Waals surface area contributed by atoms with Gasteiger partial charge in [0, 0.05) is 16.8 Å². The Hall–Kier alpha value is -2.06. The second-order valence-corrected chi connectivity index (χ2v) is 4.92. The Bertz CT molecular complexity index is 631. The molecular weight excluding hydrogens is 244 g/mol. The van der Waals surface area contributed by atoms with E-state index in [2.05, 4.69) is 16.0 Å². The van der Waals surface area contributed by atoms with E-state index >= 15 is 0 Å². The average Bonchev–Trinajstić information content (AvgIpc) is 2.31. The molecule has 2 aromatic heterocycles. The molecule has 0 bridgehead atoms. The number of aryl methyl sites for hydroxylation is 2. The molecule has 18 heavy (non-hydrogen) atoms. The number of rotatable bonds is 2. The molecule has 0 aliphatic carbocycles. The minimum atomic E-state index is 0.590. The Balaban J connectivity index is 2.47. The third-order valence-electron chi connectivity index (χ3n) is 2.44. The molecule has 0 fully saturated rings. The fourth-order valence-electron chi connectivity index (χ4n) is 1.60. The van der Waals surface area contributed by atoms with Crippen LogP contribution in [-0.4, -0.2) is 9.97 Å². The van der Waals surface area contributed by atoms with Crippen LogP contribution in [0.15, 0.2) is 34.4 Å². The van der Waals surface area contributed by atoms with Gasteiger partial charge in [-0.05, 0) is 31.5 Å². The molecular formula is C13H12N4S. The van der Waals surface area contributed by atoms with E-state index in [9.17, 15) is 5.26 Å². The van der Waals surface area contributed by atoms with Gasteiger partial charge in [0.2, 0.25) is 0 Å². The zero-order chi connectivity index (χ0) is 13.1. The van der Waals surface area contributed by atoms with Gasteiger partial charge in [0.15, 0.2) is 0 Å². The number of hydrogen-bond acceptors (Lipinski definition) is 5. The lowest BCUT2D eigenvalue weighted by Crippen LogP contribution is -1.95. The van der Waals surface area contributed by atoms with E-state index in [-0.39, 0.29) is 0 Å². The van der Waals surface area contributed by atoms with Gasteiger partial charge in [-0.25, -0.2) is 4.98 Å². The van der Waals surface area contributed by atoms with Gasteiger partial charge in [0.25, 0.3) is 0 Å². The molecule has 0 saturated heterocycles. The summed E-state index contributed by atoms with van der Waals surface area (Å²) in [6.07, 6.45) is 3.27. The topological polar surface area (TPSA) is 75.6 Å². The zero-order valence-electron chi connectivity index (χ0n) is 10.1. The van der Waals surface area contributed by atoms with Gasteiger partial charge in [0.1, 0.15) is 11.1 Å². The monoisotopic (exact) mass is 256 g/mol. The van der Waals surface area contributed by atoms with E-state index in [1.54, 1.807) is 12.4 Å². The highest BCUT2D eigenvalue weighted by Crippen LogP contribution is 2.33. The molecule has 0 radical (unpaired) electrons. The largest absolute Gasteiger partial charge is 0.397 e. The van der Waals surface area contributed by atoms with Crippen LogP contribution in [0.5, 0.6) is 0 Å². The molecule has 2 rings (SSSR count). The summed E-state index contributed by atoms with van der Waals surface area (Å²) in [6, 6.07) is 5.91. The molecule has 2 heterocycles. The fraction of sp³-hybridized carbons (Fsp3) is 0.154. The molecule has 4 nitrogen and oxygen atoms in total. The van der Waals surface area contributed by atoms with E-state index in [1.165, 1.54) is 11.8 Å². The van der Waals surface area contributed by atoms with Crippen molar-refractivity contribution in [2.75, 3.05) is 5.73 Å². The van der Waals surface area contributed by atoms with Crippen molar-refractivity contribution in [3.8, 4) is 6.07 Å². The highest BCUT2D eigenvalue weighted by Gasteiger charge is 2.11. The molecule has 2 aromatic rings. The third kappa shape index (κ3) is 2.44. The molecule has 0 aliphatic heterocycles. The fourth-order valence-corrected chi connectivity index (χ4v) is 2.61. The van der Waals surface area contributed by atoms with Crippen molar-refractivity contribution in [1.82, 2.24) is 9.97 Å². The number of aromatic nitrogens is 2. The molecule has 0 aliphatic rings. The van der Waals surface area contributed by atoms with Crippen LogP contribution in [0.2, 0.25) is 0 Å². The molecule has 0 atom stereocenters. The van der Waals surface area contributed by atoms with Gasteiger partial charge >= 0.3 is 0 Å². The first-order chi connectivity index (χ1) is 8.61. The summed E-state index contributed by atoms with van der Waals surface area (Å²) in [4.78, 5) is 9.21. The second-order valence-electron chi connectivity index (χ2n) is 3.89. The van der Waals surface area contributed by atoms with Crippen molar-refractivity contribution in [2.24, 2.45) is 0 Å². The Kier molecular flexibility index (Phi) is 3.49. The lowest BCUT2D eigenvalue weighted by atomic mass is 10.1. The minimum Gasteiger partial charge on any atom is -0.397 e. The van der Waals surface area contributed by atoms with Crippen molar-refractivity contribution in [3.63, 3.8) is 0 Å². The molecule has 0 unspecified atom stereocenters. The molecule has 2 N–H and O–H groups in total. The second kappa shape index (κ2) is 5.07. The summed E-state index contributed by atoms with van der Waals surface area (Å²) in [5.41, 5.74) is 8.85. The van der Waals surface area contributed by atoms with E-state index in [0.717, 1.165) is 16.2 Å². The molecule has 0 amide bonds. The summed E-state index contributed by atoms with van der Waals surface area (Å²) in [5, 5.41) is 9.88. The number of nitrogens with two attached hydrogens (primary N) is 1. The maximum Gasteiger partial charge on any atom is 0.119 e. The Morgan fingerprint density at radius 2 is 2.17 bits per heavy atom. The highest BCUT2D eigenvalue weighted by molar-refractivity contribution is 7.99. The SMILES string of the molecule is Cc1cc(C)c(C#N)c(Sc2ccncc2N)n1. The van der Waals surface area contributed by atoms with Crippen LogP contribution < -0.4 is 5.73 Å². The maximum atomic E-state index is 9.19. The van der Waals surface area contributed by atoms with Gasteiger partial charge in [-0.2, -0.15) is 5.26 Å². The predicted octanol–water partition coefficient (Wildman–Crippen LogP) is 2.70. The van der Waals surface area contributed by atoms with E-state index in [4.69, 9.17) is 5.73 Å². The lowest BCUT2D eigenvalue weighted by molar-refractivity contribution is 1.03. The third-order valence-corrected chi connectivity index (χ3v) is 3.52. The highest BCUT2D eigenvalue weighted by atomic mass is 32.2. The Morgan fingerprint density at radius 3 is 2.83 bits per heavy atom. The van der Waals surface area contributed by atoms with Crippen molar-refractivity contribution in [1.29, 1.82) is 5.26 Å². The van der Waals surface area contributed by atoms with Gasteiger partial charge in [0.05, 0.1) is 17.4 Å². The normalized spacial score (nSPS) is 10.1. The molecule has 0 aromatic carbocycles. The van der Waals surface area contributed by atoms with E-state index in [1.807, 2.05) is 26.0 Å². The number of anilines is 1. The van der Waals surface area contributed by atoms with Crippen molar-refractivity contribution >= 4 is 17.4 Å². The van der Waals surface area contributed by atoms with E-state index in [0.29, 0.717) is 16.3 Å². The summed E-state index contributed by atoms with van der Waals surface area (Å²) >= 11 is 1.40. The summed E-state index contributed by atoms with van der Waals surface area (Å²) < 4.78 is 0. The number of pyridine rings is 2. The Labute approximate surface area is 110 Å². The van der Waals surface area contributed by atoms with Crippen LogP contribution in [0.25, 0.3) is 0 Å². The van der Waals surface area contributed by atoms with Crippen LogP contribution in [0.4, 0.5) is 5.69 Å². The maximum absolute atomic E-state index is 9.19. The Morgan fingerprint density at radius 1 is 1.39 bits per heavy atom. The van der Waals surface area contributed by atoms with Gasteiger partial charge in [-0.15, -0.1) is 0 Å². The van der Waals surface area contributed by atoms with Crippen LogP contribution in [-0.2, 0) is 0 Å². The van der Waals surface area contributed by atoms with Crippen LogP contribution in [0.3, 0.4) is 0 Å². The minimum absolute atomic E-state index is 0.590. The molecule has 0 spiro atoms. The quantitative estimate of drug-likeness (QED) is 0.894. The number of nitrogens with zero attached hydrogens (tertiary/aromatic N) is 3. The van der Waals surface area contributed by atoms with Gasteiger partial charge < -0.3 is 5.73 Å². The van der Waals surface area contributed by atoms with Crippen LogP contribution in [0.1, 0.15) is 16.8 Å². The first-order valence-electron chi connectivity index (χ1n) is 5.37. The van der Waals surface area contributed by atoms with Crippen LogP contribution in [0, 0.1) is 25.2 Å². The standard InChI is InChI=1S/C13H12N4S/c1-8-5-9(2)17-13(10(8)6-14)18-12-3-4-16-7-11(12)15/h3-5,7H,15H2,1-2H3. The van der Waals surface area contributed by atoms with Gasteiger partial charge in [-0.1, -0.05) is 11.8 Å². The van der Waals surface area contributed by atoms with Crippen LogP contribution >= 0.6 is 11.8 Å². The first-order valence-corrected chi connectivity index (χ1v) is 6.19. The van der Waals surface area contributed by atoms with Crippen molar-refractivity contribution in [2.45, 2.75) is 23.8 Å².